The predicted octanol–water partition coefficient (Wildman–Crippen LogP) is 1.91. The quantitative estimate of drug-likeness (QED) is 0.687. The highest BCUT2D eigenvalue weighted by atomic mass is 16.2. The lowest BCUT2D eigenvalue weighted by Crippen LogP contribution is -2.57. The van der Waals surface area contributed by atoms with Crippen molar-refractivity contribution < 1.29 is 14.4 Å². The van der Waals surface area contributed by atoms with Gasteiger partial charge in [-0.1, -0.05) is 25.1 Å². The van der Waals surface area contributed by atoms with Gasteiger partial charge in [0.25, 0.3) is 5.91 Å². The lowest BCUT2D eigenvalue weighted by atomic mass is 9.78. The average Bonchev–Trinajstić information content (AvgIpc) is 3.67. The van der Waals surface area contributed by atoms with E-state index in [-0.39, 0.29) is 23.8 Å². The fourth-order valence-corrected chi connectivity index (χ4v) is 7.20. The first-order valence-corrected chi connectivity index (χ1v) is 13.8. The van der Waals surface area contributed by atoms with Crippen LogP contribution < -0.4 is 10.2 Å². The fourth-order valence-electron chi connectivity index (χ4n) is 7.20. The first kappa shape index (κ1) is 24.2. The van der Waals surface area contributed by atoms with Gasteiger partial charge >= 0.3 is 0 Å². The minimum Gasteiger partial charge on any atom is -0.356 e. The van der Waals surface area contributed by atoms with E-state index in [0.29, 0.717) is 45.6 Å². The summed E-state index contributed by atoms with van der Waals surface area (Å²) in [6.07, 6.45) is 8.38. The highest BCUT2D eigenvalue weighted by molar-refractivity contribution is 6.11. The Morgan fingerprint density at radius 3 is 2.86 bits per heavy atom. The van der Waals surface area contributed by atoms with Crippen molar-refractivity contribution in [1.82, 2.24) is 24.7 Å². The molecule has 1 spiro atoms. The second kappa shape index (κ2) is 9.59. The summed E-state index contributed by atoms with van der Waals surface area (Å²) in [4.78, 5) is 51.7. The van der Waals surface area contributed by atoms with Crippen LogP contribution in [0.4, 0.5) is 5.69 Å². The van der Waals surface area contributed by atoms with Gasteiger partial charge in [-0.2, -0.15) is 0 Å². The van der Waals surface area contributed by atoms with Crippen molar-refractivity contribution in [3.05, 3.63) is 48.0 Å². The maximum absolute atomic E-state index is 14.4. The maximum Gasteiger partial charge on any atom is 0.253 e. The first-order chi connectivity index (χ1) is 18.1. The van der Waals surface area contributed by atoms with Crippen LogP contribution in [0.5, 0.6) is 0 Å². The standard InChI is InChI=1S/C28H36N6O3/c1-2-24-29-12-16-31(24)15-10-25(35)32-13-6-11-30-26(36)22-19-20-7-5-14-34(20)28(22)21-8-3-4-9-23(21)33(18-17-32)27(28)37/h3-4,8-9,12,16,20,22H,2,5-7,10-11,13-15,17-19H2,1H3,(H,30,36)/t20-,22+,28+/m0/s1. The number of imidazole rings is 1. The monoisotopic (exact) mass is 504 g/mol. The zero-order valence-electron chi connectivity index (χ0n) is 21.6. The molecule has 0 aliphatic carbocycles. The van der Waals surface area contributed by atoms with E-state index < -0.39 is 11.5 Å². The minimum atomic E-state index is -0.937. The minimum absolute atomic E-state index is 0.00257. The van der Waals surface area contributed by atoms with Gasteiger partial charge in [0.15, 0.2) is 0 Å². The Labute approximate surface area is 217 Å². The summed E-state index contributed by atoms with van der Waals surface area (Å²) in [5.41, 5.74) is 0.901. The van der Waals surface area contributed by atoms with E-state index >= 15 is 0 Å². The number of aryl methyl sites for hydroxylation is 2. The molecule has 1 aromatic carbocycles. The SMILES string of the molecule is CCc1nccn1CCC(=O)N1CCCNC(=O)[C@H]2C[C@@H]3CCCN3[C@@]23C(=O)N(CC1)c1ccccc13. The maximum atomic E-state index is 14.4. The van der Waals surface area contributed by atoms with Gasteiger partial charge in [0.2, 0.25) is 11.8 Å². The summed E-state index contributed by atoms with van der Waals surface area (Å²) in [7, 11) is 0. The van der Waals surface area contributed by atoms with Crippen molar-refractivity contribution in [2.24, 2.45) is 5.92 Å². The molecule has 196 valence electrons. The van der Waals surface area contributed by atoms with E-state index in [9.17, 15) is 14.4 Å². The second-order valence-corrected chi connectivity index (χ2v) is 10.7. The molecule has 1 N–H and O–H groups in total. The van der Waals surface area contributed by atoms with Gasteiger partial charge in [0, 0.05) is 75.3 Å². The molecule has 9 nitrogen and oxygen atoms in total. The number of hydrogen-bond donors (Lipinski definition) is 1. The highest BCUT2D eigenvalue weighted by Crippen LogP contribution is 2.56. The molecule has 1 aromatic heterocycles. The number of nitrogens with one attached hydrogen (secondary N) is 1. The van der Waals surface area contributed by atoms with Crippen LogP contribution in [0.15, 0.2) is 36.7 Å². The molecule has 5 heterocycles. The zero-order chi connectivity index (χ0) is 25.6. The van der Waals surface area contributed by atoms with Gasteiger partial charge in [-0.25, -0.2) is 4.98 Å². The number of fused-ring (bicyclic) bond motifs is 4. The largest absolute Gasteiger partial charge is 0.356 e. The normalized spacial score (nSPS) is 27.8. The van der Waals surface area contributed by atoms with E-state index in [4.69, 9.17) is 0 Å². The smallest absolute Gasteiger partial charge is 0.253 e. The van der Waals surface area contributed by atoms with Crippen LogP contribution >= 0.6 is 0 Å². The number of hydrogen-bond acceptors (Lipinski definition) is 5. The Hall–Kier alpha value is -3.20. The third kappa shape index (κ3) is 3.77. The van der Waals surface area contributed by atoms with Crippen molar-refractivity contribution in [2.45, 2.75) is 63.6 Å². The number of rotatable bonds is 4. The van der Waals surface area contributed by atoms with E-state index in [2.05, 4.69) is 22.1 Å². The number of benzene rings is 1. The Morgan fingerprint density at radius 2 is 2.00 bits per heavy atom. The Bertz CT molecular complexity index is 1210. The van der Waals surface area contributed by atoms with Gasteiger partial charge in [-0.15, -0.1) is 0 Å². The molecule has 3 amide bonds. The molecule has 4 aliphatic heterocycles. The van der Waals surface area contributed by atoms with Gasteiger partial charge in [-0.3, -0.25) is 19.3 Å². The van der Waals surface area contributed by atoms with E-state index in [1.54, 1.807) is 6.20 Å². The van der Waals surface area contributed by atoms with Crippen LogP contribution in [-0.2, 0) is 32.9 Å². The van der Waals surface area contributed by atoms with Crippen molar-refractivity contribution in [3.8, 4) is 0 Å². The van der Waals surface area contributed by atoms with Crippen LogP contribution in [0.25, 0.3) is 0 Å². The zero-order valence-corrected chi connectivity index (χ0v) is 21.6. The fraction of sp³-hybridized carbons (Fsp3) is 0.571. The third-order valence-electron chi connectivity index (χ3n) is 8.87. The number of amides is 3. The van der Waals surface area contributed by atoms with Gasteiger partial charge < -0.3 is 19.7 Å². The van der Waals surface area contributed by atoms with Crippen LogP contribution in [0, 0.1) is 5.92 Å². The molecule has 2 bridgehead atoms. The highest BCUT2D eigenvalue weighted by Gasteiger charge is 2.67. The number of para-hydroxylation sites is 1. The van der Waals surface area contributed by atoms with Gasteiger partial charge in [0.05, 0.1) is 5.92 Å². The van der Waals surface area contributed by atoms with E-state index in [0.717, 1.165) is 49.3 Å². The van der Waals surface area contributed by atoms with Crippen molar-refractivity contribution in [2.75, 3.05) is 37.6 Å². The van der Waals surface area contributed by atoms with Crippen LogP contribution in [0.2, 0.25) is 0 Å². The molecule has 3 atom stereocenters. The van der Waals surface area contributed by atoms with E-state index in [1.807, 2.05) is 44.8 Å². The Kier molecular flexibility index (Phi) is 6.26. The lowest BCUT2D eigenvalue weighted by molar-refractivity contribution is -0.139. The predicted molar refractivity (Wildman–Crippen MR) is 139 cm³/mol. The molecule has 9 heteroatoms. The van der Waals surface area contributed by atoms with Crippen molar-refractivity contribution in [3.63, 3.8) is 0 Å². The number of carbonyl (C=O) groups excluding carboxylic acids is 3. The molecular formula is C28H36N6O3. The summed E-state index contributed by atoms with van der Waals surface area (Å²) in [6, 6.07) is 8.22. The molecule has 6 rings (SSSR count). The lowest BCUT2D eigenvalue weighted by Gasteiger charge is -2.38. The molecule has 3 fully saturated rings. The second-order valence-electron chi connectivity index (χ2n) is 10.7. The molecular weight excluding hydrogens is 468 g/mol. The average molecular weight is 505 g/mol. The van der Waals surface area contributed by atoms with E-state index in [1.165, 1.54) is 0 Å². The van der Waals surface area contributed by atoms with Gasteiger partial charge in [-0.05, 0) is 38.3 Å². The Balaban J connectivity index is 1.29. The van der Waals surface area contributed by atoms with Crippen LogP contribution in [0.1, 0.15) is 50.4 Å². The molecule has 37 heavy (non-hydrogen) atoms. The molecule has 0 unspecified atom stereocenters. The number of anilines is 1. The summed E-state index contributed by atoms with van der Waals surface area (Å²) in [5.74, 6) is 0.603. The van der Waals surface area contributed by atoms with Gasteiger partial charge in [0.1, 0.15) is 11.4 Å². The summed E-state index contributed by atoms with van der Waals surface area (Å²) >= 11 is 0. The molecule has 0 saturated carbocycles. The topological polar surface area (TPSA) is 90.8 Å². The third-order valence-corrected chi connectivity index (χ3v) is 8.87. The number of aromatic nitrogens is 2. The van der Waals surface area contributed by atoms with Crippen molar-refractivity contribution >= 4 is 23.4 Å². The number of nitrogens with zero attached hydrogens (tertiary/aromatic N) is 5. The van der Waals surface area contributed by atoms with Crippen LogP contribution in [-0.4, -0.2) is 75.8 Å². The summed E-state index contributed by atoms with van der Waals surface area (Å²) in [5, 5.41) is 3.13. The molecule has 0 radical (unpaired) electrons. The van der Waals surface area contributed by atoms with Crippen molar-refractivity contribution in [1.29, 1.82) is 0 Å². The number of carbonyl (C=O) groups is 3. The van der Waals surface area contributed by atoms with Crippen LogP contribution in [0.3, 0.4) is 0 Å². The summed E-state index contributed by atoms with van der Waals surface area (Å²) in [6.45, 7) is 5.44. The molecule has 4 aliphatic rings. The first-order valence-electron chi connectivity index (χ1n) is 13.8. The molecule has 2 aromatic rings. The summed E-state index contributed by atoms with van der Waals surface area (Å²) < 4.78 is 2.03. The Morgan fingerprint density at radius 1 is 1.14 bits per heavy atom. The molecule has 3 saturated heterocycles.